The van der Waals surface area contributed by atoms with Gasteiger partial charge in [-0.2, -0.15) is 5.26 Å². The molecule has 1 N–H and O–H groups in total. The van der Waals surface area contributed by atoms with Gasteiger partial charge in [-0.25, -0.2) is 4.39 Å². The summed E-state index contributed by atoms with van der Waals surface area (Å²) in [7, 11) is 0. The molecule has 0 radical (unpaired) electrons. The molecule has 0 saturated heterocycles. The van der Waals surface area contributed by atoms with Crippen LogP contribution in [0.15, 0.2) is 18.2 Å². The third-order valence-electron chi connectivity index (χ3n) is 2.38. The van der Waals surface area contributed by atoms with Crippen molar-refractivity contribution in [1.82, 2.24) is 5.32 Å². The van der Waals surface area contributed by atoms with E-state index in [0.717, 1.165) is 5.56 Å². The van der Waals surface area contributed by atoms with Crippen LogP contribution in [-0.2, 0) is 11.3 Å². The Hall–Kier alpha value is -1.44. The fourth-order valence-electron chi connectivity index (χ4n) is 1.41. The third kappa shape index (κ3) is 4.51. The van der Waals surface area contributed by atoms with Gasteiger partial charge in [0.2, 0.25) is 0 Å². The monoisotopic (exact) mass is 236 g/mol. The van der Waals surface area contributed by atoms with Crippen LogP contribution in [0.1, 0.15) is 25.0 Å². The van der Waals surface area contributed by atoms with Crippen molar-refractivity contribution in [1.29, 1.82) is 5.26 Å². The lowest BCUT2D eigenvalue weighted by Gasteiger charge is -2.13. The Labute approximate surface area is 101 Å². The number of hydrogen-bond donors (Lipinski definition) is 1. The van der Waals surface area contributed by atoms with E-state index in [1.54, 1.807) is 12.1 Å². The zero-order valence-corrected chi connectivity index (χ0v) is 10.2. The summed E-state index contributed by atoms with van der Waals surface area (Å²) in [4.78, 5) is 0. The van der Waals surface area contributed by atoms with Gasteiger partial charge in [0.25, 0.3) is 0 Å². The van der Waals surface area contributed by atoms with Gasteiger partial charge in [-0.3, -0.25) is 0 Å². The summed E-state index contributed by atoms with van der Waals surface area (Å²) < 4.78 is 18.3. The van der Waals surface area contributed by atoms with Gasteiger partial charge in [-0.1, -0.05) is 6.07 Å². The number of halogens is 1. The average Bonchev–Trinajstić information content (AvgIpc) is 2.35. The number of ether oxygens (including phenoxy) is 1. The van der Waals surface area contributed by atoms with Gasteiger partial charge in [0.1, 0.15) is 11.9 Å². The van der Waals surface area contributed by atoms with E-state index in [2.05, 4.69) is 5.32 Å². The third-order valence-corrected chi connectivity index (χ3v) is 2.38. The molecule has 0 bridgehead atoms. The quantitative estimate of drug-likeness (QED) is 0.823. The Bertz CT molecular complexity index is 401. The lowest BCUT2D eigenvalue weighted by Crippen LogP contribution is -2.30. The second kappa shape index (κ2) is 7.00. The standard InChI is InChI=1S/C13H17FN2O/c1-3-17-9-10(2)16-8-11-4-5-13(14)12(6-11)7-15/h4-6,10,16H,3,8-9H2,1-2H3. The van der Waals surface area contributed by atoms with E-state index < -0.39 is 5.82 Å². The highest BCUT2D eigenvalue weighted by Crippen LogP contribution is 2.09. The zero-order valence-electron chi connectivity index (χ0n) is 10.2. The Kier molecular flexibility index (Phi) is 5.61. The molecule has 1 unspecified atom stereocenters. The Morgan fingerprint density at radius 3 is 2.94 bits per heavy atom. The van der Waals surface area contributed by atoms with Crippen molar-refractivity contribution in [2.24, 2.45) is 0 Å². The minimum atomic E-state index is -0.474. The van der Waals surface area contributed by atoms with Crippen LogP contribution in [0.2, 0.25) is 0 Å². The summed E-state index contributed by atoms with van der Waals surface area (Å²) in [6.07, 6.45) is 0. The summed E-state index contributed by atoms with van der Waals surface area (Å²) in [6, 6.07) is 6.62. The van der Waals surface area contributed by atoms with Crippen molar-refractivity contribution in [2.45, 2.75) is 26.4 Å². The fourth-order valence-corrected chi connectivity index (χ4v) is 1.41. The number of rotatable bonds is 6. The predicted molar refractivity (Wildman–Crippen MR) is 63.9 cm³/mol. The van der Waals surface area contributed by atoms with Crippen molar-refractivity contribution >= 4 is 0 Å². The molecular formula is C13H17FN2O. The Morgan fingerprint density at radius 1 is 1.53 bits per heavy atom. The number of nitrogens with one attached hydrogen (secondary N) is 1. The summed E-state index contributed by atoms with van der Waals surface area (Å²) in [6.45, 7) is 5.91. The molecule has 0 aliphatic carbocycles. The molecule has 0 aromatic heterocycles. The van der Waals surface area contributed by atoms with Gasteiger partial charge < -0.3 is 10.1 Å². The molecule has 3 nitrogen and oxygen atoms in total. The molecule has 0 saturated carbocycles. The minimum absolute atomic E-state index is 0.0850. The van der Waals surface area contributed by atoms with Crippen LogP contribution in [0.4, 0.5) is 4.39 Å². The highest BCUT2D eigenvalue weighted by molar-refractivity contribution is 5.34. The maximum absolute atomic E-state index is 13.1. The number of nitriles is 1. The van der Waals surface area contributed by atoms with E-state index >= 15 is 0 Å². The molecule has 0 aliphatic heterocycles. The van der Waals surface area contributed by atoms with Crippen molar-refractivity contribution in [3.63, 3.8) is 0 Å². The SMILES string of the molecule is CCOCC(C)NCc1ccc(F)c(C#N)c1. The first kappa shape index (κ1) is 13.6. The summed E-state index contributed by atoms with van der Waals surface area (Å²) >= 11 is 0. The molecule has 1 aromatic rings. The van der Waals surface area contributed by atoms with Crippen LogP contribution in [0.25, 0.3) is 0 Å². The van der Waals surface area contributed by atoms with Crippen LogP contribution >= 0.6 is 0 Å². The van der Waals surface area contributed by atoms with Crippen LogP contribution in [-0.4, -0.2) is 19.3 Å². The molecule has 92 valence electrons. The summed E-state index contributed by atoms with van der Waals surface area (Å²) in [5, 5.41) is 12.0. The van der Waals surface area contributed by atoms with Crippen LogP contribution in [0.5, 0.6) is 0 Å². The number of nitrogens with zero attached hydrogens (tertiary/aromatic N) is 1. The van der Waals surface area contributed by atoms with Crippen molar-refractivity contribution < 1.29 is 9.13 Å². The lowest BCUT2D eigenvalue weighted by atomic mass is 10.1. The first-order valence-electron chi connectivity index (χ1n) is 5.67. The highest BCUT2D eigenvalue weighted by atomic mass is 19.1. The van der Waals surface area contributed by atoms with E-state index in [9.17, 15) is 4.39 Å². The molecule has 17 heavy (non-hydrogen) atoms. The molecule has 0 amide bonds. The highest BCUT2D eigenvalue weighted by Gasteiger charge is 2.04. The summed E-state index contributed by atoms with van der Waals surface area (Å²) in [5.41, 5.74) is 0.980. The molecule has 1 rings (SSSR count). The molecule has 0 heterocycles. The van der Waals surface area contributed by atoms with E-state index in [-0.39, 0.29) is 11.6 Å². The largest absolute Gasteiger partial charge is 0.380 e. The van der Waals surface area contributed by atoms with Crippen LogP contribution in [0, 0.1) is 17.1 Å². The molecule has 0 aliphatic rings. The van der Waals surface area contributed by atoms with Crippen molar-refractivity contribution in [3.8, 4) is 6.07 Å². The summed E-state index contributed by atoms with van der Waals surface area (Å²) in [5.74, 6) is -0.474. The second-order valence-corrected chi connectivity index (χ2v) is 3.87. The minimum Gasteiger partial charge on any atom is -0.380 e. The van der Waals surface area contributed by atoms with Gasteiger partial charge in [-0.05, 0) is 31.5 Å². The van der Waals surface area contributed by atoms with Gasteiger partial charge in [0.15, 0.2) is 0 Å². The first-order valence-corrected chi connectivity index (χ1v) is 5.67. The van der Waals surface area contributed by atoms with E-state index in [1.807, 2.05) is 19.9 Å². The average molecular weight is 236 g/mol. The number of benzene rings is 1. The van der Waals surface area contributed by atoms with Gasteiger partial charge >= 0.3 is 0 Å². The molecule has 1 aromatic carbocycles. The van der Waals surface area contributed by atoms with Gasteiger partial charge in [-0.15, -0.1) is 0 Å². The molecular weight excluding hydrogens is 219 g/mol. The van der Waals surface area contributed by atoms with E-state index in [4.69, 9.17) is 10.00 Å². The lowest BCUT2D eigenvalue weighted by molar-refractivity contribution is 0.127. The Balaban J connectivity index is 2.50. The van der Waals surface area contributed by atoms with E-state index in [1.165, 1.54) is 6.07 Å². The van der Waals surface area contributed by atoms with E-state index in [0.29, 0.717) is 19.8 Å². The molecule has 0 spiro atoms. The Morgan fingerprint density at radius 2 is 2.29 bits per heavy atom. The first-order chi connectivity index (χ1) is 8.17. The fraction of sp³-hybridized carbons (Fsp3) is 0.462. The van der Waals surface area contributed by atoms with Gasteiger partial charge in [0.05, 0.1) is 12.2 Å². The maximum Gasteiger partial charge on any atom is 0.140 e. The topological polar surface area (TPSA) is 45.0 Å². The van der Waals surface area contributed by atoms with Crippen molar-refractivity contribution in [3.05, 3.63) is 35.1 Å². The molecule has 1 atom stereocenters. The smallest absolute Gasteiger partial charge is 0.140 e. The number of hydrogen-bond acceptors (Lipinski definition) is 3. The van der Waals surface area contributed by atoms with Crippen molar-refractivity contribution in [2.75, 3.05) is 13.2 Å². The second-order valence-electron chi connectivity index (χ2n) is 3.87. The van der Waals surface area contributed by atoms with Crippen LogP contribution < -0.4 is 5.32 Å². The maximum atomic E-state index is 13.1. The normalized spacial score (nSPS) is 12.1. The molecule has 4 heteroatoms. The predicted octanol–water partition coefficient (Wildman–Crippen LogP) is 2.21. The van der Waals surface area contributed by atoms with Crippen LogP contribution in [0.3, 0.4) is 0 Å². The molecule has 0 fully saturated rings. The zero-order chi connectivity index (χ0) is 12.7. The van der Waals surface area contributed by atoms with Gasteiger partial charge in [0, 0.05) is 19.2 Å².